The lowest BCUT2D eigenvalue weighted by molar-refractivity contribution is -0.312. The van der Waals surface area contributed by atoms with Crippen LogP contribution < -0.4 is 5.11 Å². The molecule has 56 valence electrons. The number of carbonyl (C=O) groups excluding carboxylic acids is 1. The molecule has 0 aromatic carbocycles. The van der Waals surface area contributed by atoms with Crippen LogP contribution in [0, 0.1) is 5.92 Å². The van der Waals surface area contributed by atoms with Crippen molar-refractivity contribution in [2.45, 2.75) is 31.5 Å². The normalized spacial score (nSPS) is 44.2. The van der Waals surface area contributed by atoms with E-state index in [0.717, 1.165) is 12.8 Å². The lowest BCUT2D eigenvalue weighted by atomic mass is 9.89. The molecule has 0 aromatic heterocycles. The molecule has 3 atom stereocenters. The first-order valence-electron chi connectivity index (χ1n) is 3.63. The van der Waals surface area contributed by atoms with Gasteiger partial charge in [-0.05, 0) is 19.3 Å². The fourth-order valence-electron chi connectivity index (χ4n) is 1.89. The van der Waals surface area contributed by atoms with Crippen molar-refractivity contribution < 1.29 is 14.6 Å². The monoisotopic (exact) mass is 141 g/mol. The summed E-state index contributed by atoms with van der Waals surface area (Å²) in [5.74, 6) is -1.26. The molecule has 2 saturated heterocycles. The van der Waals surface area contributed by atoms with Crippen molar-refractivity contribution in [2.24, 2.45) is 5.92 Å². The van der Waals surface area contributed by atoms with Crippen LogP contribution in [-0.4, -0.2) is 18.2 Å². The van der Waals surface area contributed by atoms with Crippen molar-refractivity contribution in [1.29, 1.82) is 0 Å². The third kappa shape index (κ3) is 0.736. The second-order valence-electron chi connectivity index (χ2n) is 3.04. The quantitative estimate of drug-likeness (QED) is 0.485. The van der Waals surface area contributed by atoms with Gasteiger partial charge in [0, 0.05) is 11.9 Å². The third-order valence-corrected chi connectivity index (χ3v) is 2.41. The average Bonchev–Trinajstić information content (AvgIpc) is 2.44. The molecule has 2 aliphatic heterocycles. The summed E-state index contributed by atoms with van der Waals surface area (Å²) in [6, 6.07) is 0. The Balaban J connectivity index is 2.08. The fourth-order valence-corrected chi connectivity index (χ4v) is 1.89. The highest BCUT2D eigenvalue weighted by atomic mass is 16.5. The van der Waals surface area contributed by atoms with E-state index in [0.29, 0.717) is 6.42 Å². The Morgan fingerprint density at radius 1 is 1.50 bits per heavy atom. The molecule has 0 amide bonds. The summed E-state index contributed by atoms with van der Waals surface area (Å²) in [7, 11) is 0. The number of fused-ring (bicyclic) bond motifs is 2. The van der Waals surface area contributed by atoms with Crippen molar-refractivity contribution in [3.63, 3.8) is 0 Å². The van der Waals surface area contributed by atoms with Gasteiger partial charge in [0.2, 0.25) is 0 Å². The SMILES string of the molecule is O=C([O-])C1C[C@H]2CC[C@@H]1O2. The lowest BCUT2D eigenvalue weighted by Gasteiger charge is -2.18. The maximum absolute atomic E-state index is 10.4. The fraction of sp³-hybridized carbons (Fsp3) is 0.857. The molecule has 0 aromatic rings. The Morgan fingerprint density at radius 3 is 2.60 bits per heavy atom. The van der Waals surface area contributed by atoms with Gasteiger partial charge in [-0.2, -0.15) is 0 Å². The molecule has 0 spiro atoms. The second kappa shape index (κ2) is 1.95. The van der Waals surface area contributed by atoms with Crippen LogP contribution in [0.4, 0.5) is 0 Å². The number of carbonyl (C=O) groups is 1. The molecule has 0 radical (unpaired) electrons. The van der Waals surface area contributed by atoms with Gasteiger partial charge in [0.1, 0.15) is 0 Å². The number of carboxylic acid groups (broad SMARTS) is 1. The van der Waals surface area contributed by atoms with E-state index in [4.69, 9.17) is 4.74 Å². The van der Waals surface area contributed by atoms with Crippen LogP contribution in [0.15, 0.2) is 0 Å². The summed E-state index contributed by atoms with van der Waals surface area (Å²) in [4.78, 5) is 10.4. The molecule has 2 aliphatic rings. The summed E-state index contributed by atoms with van der Waals surface area (Å²) in [5, 5.41) is 10.4. The van der Waals surface area contributed by atoms with Crippen molar-refractivity contribution in [1.82, 2.24) is 0 Å². The highest BCUT2D eigenvalue weighted by Crippen LogP contribution is 2.38. The zero-order valence-corrected chi connectivity index (χ0v) is 5.58. The van der Waals surface area contributed by atoms with Gasteiger partial charge >= 0.3 is 0 Å². The standard InChI is InChI=1S/C7H10O3/c8-7(9)5-3-4-1-2-6(5)10-4/h4-6H,1-3H2,(H,8,9)/p-1/t4-,5?,6+/m1/s1. The summed E-state index contributed by atoms with van der Waals surface area (Å²) in [6.07, 6.45) is 2.80. The van der Waals surface area contributed by atoms with E-state index in [1.165, 1.54) is 0 Å². The first-order chi connectivity index (χ1) is 4.77. The van der Waals surface area contributed by atoms with Crippen LogP contribution in [0.2, 0.25) is 0 Å². The van der Waals surface area contributed by atoms with Crippen molar-refractivity contribution in [2.75, 3.05) is 0 Å². The van der Waals surface area contributed by atoms with Gasteiger partial charge in [0.25, 0.3) is 0 Å². The molecule has 2 rings (SSSR count). The molecule has 3 nitrogen and oxygen atoms in total. The van der Waals surface area contributed by atoms with E-state index in [-0.39, 0.29) is 18.1 Å². The first kappa shape index (κ1) is 6.16. The topological polar surface area (TPSA) is 49.4 Å². The molecule has 0 aliphatic carbocycles. The van der Waals surface area contributed by atoms with Crippen LogP contribution in [0.25, 0.3) is 0 Å². The Labute approximate surface area is 59.0 Å². The van der Waals surface area contributed by atoms with Gasteiger partial charge in [0.05, 0.1) is 12.2 Å². The predicted molar refractivity (Wildman–Crippen MR) is 31.0 cm³/mol. The number of ether oxygens (including phenoxy) is 1. The number of carboxylic acids is 1. The smallest absolute Gasteiger partial charge is 0.0661 e. The maximum atomic E-state index is 10.4. The number of hydrogen-bond acceptors (Lipinski definition) is 3. The van der Waals surface area contributed by atoms with Gasteiger partial charge < -0.3 is 14.6 Å². The highest BCUT2D eigenvalue weighted by molar-refractivity contribution is 5.69. The summed E-state index contributed by atoms with van der Waals surface area (Å²) < 4.78 is 5.33. The average molecular weight is 141 g/mol. The second-order valence-corrected chi connectivity index (χ2v) is 3.04. The van der Waals surface area contributed by atoms with E-state index in [2.05, 4.69) is 0 Å². The third-order valence-electron chi connectivity index (χ3n) is 2.41. The lowest BCUT2D eigenvalue weighted by Crippen LogP contribution is -2.36. The van der Waals surface area contributed by atoms with Crippen molar-refractivity contribution in [3.8, 4) is 0 Å². The minimum absolute atomic E-state index is 0.0324. The molecule has 2 bridgehead atoms. The molecule has 3 heteroatoms. The van der Waals surface area contributed by atoms with Gasteiger partial charge in [0.15, 0.2) is 0 Å². The van der Waals surface area contributed by atoms with Gasteiger partial charge in [-0.25, -0.2) is 0 Å². The molecule has 2 fully saturated rings. The Kier molecular flexibility index (Phi) is 1.20. The summed E-state index contributed by atoms with van der Waals surface area (Å²) in [5.41, 5.74) is 0. The van der Waals surface area contributed by atoms with Gasteiger partial charge in [-0.15, -0.1) is 0 Å². The number of aliphatic carboxylic acids is 1. The van der Waals surface area contributed by atoms with E-state index in [9.17, 15) is 9.90 Å². The minimum atomic E-state index is -0.938. The first-order valence-corrected chi connectivity index (χ1v) is 3.63. The minimum Gasteiger partial charge on any atom is -0.550 e. The van der Waals surface area contributed by atoms with Gasteiger partial charge in [-0.1, -0.05) is 0 Å². The van der Waals surface area contributed by atoms with E-state index < -0.39 is 5.97 Å². The van der Waals surface area contributed by atoms with Gasteiger partial charge in [-0.3, -0.25) is 0 Å². The molecular weight excluding hydrogens is 132 g/mol. The van der Waals surface area contributed by atoms with Crippen LogP contribution in [0.5, 0.6) is 0 Å². The molecule has 2 heterocycles. The molecule has 0 saturated carbocycles. The van der Waals surface area contributed by atoms with E-state index in [1.807, 2.05) is 0 Å². The highest BCUT2D eigenvalue weighted by Gasteiger charge is 2.41. The van der Waals surface area contributed by atoms with Crippen LogP contribution >= 0.6 is 0 Å². The van der Waals surface area contributed by atoms with E-state index >= 15 is 0 Å². The van der Waals surface area contributed by atoms with Crippen LogP contribution in [0.1, 0.15) is 19.3 Å². The summed E-state index contributed by atoms with van der Waals surface area (Å²) >= 11 is 0. The largest absolute Gasteiger partial charge is 0.550 e. The molecule has 10 heavy (non-hydrogen) atoms. The Morgan fingerprint density at radius 2 is 2.30 bits per heavy atom. The molecule has 0 N–H and O–H groups in total. The van der Waals surface area contributed by atoms with E-state index in [1.54, 1.807) is 0 Å². The predicted octanol–water partition coefficient (Wildman–Crippen LogP) is -0.696. The zero-order valence-electron chi connectivity index (χ0n) is 5.58. The molecular formula is C7H9O3-. The van der Waals surface area contributed by atoms with Crippen molar-refractivity contribution >= 4 is 5.97 Å². The number of rotatable bonds is 1. The maximum Gasteiger partial charge on any atom is 0.0661 e. The zero-order chi connectivity index (χ0) is 7.14. The van der Waals surface area contributed by atoms with Crippen LogP contribution in [0.3, 0.4) is 0 Å². The van der Waals surface area contributed by atoms with Crippen LogP contribution in [-0.2, 0) is 9.53 Å². The number of hydrogen-bond donors (Lipinski definition) is 0. The van der Waals surface area contributed by atoms with Crippen molar-refractivity contribution in [3.05, 3.63) is 0 Å². The Bertz CT molecular complexity index is 166. The molecule has 1 unspecified atom stereocenters. The Hall–Kier alpha value is -0.570. The summed E-state index contributed by atoms with van der Waals surface area (Å²) in [6.45, 7) is 0.